The maximum atomic E-state index is 13.7. The van der Waals surface area contributed by atoms with Crippen LogP contribution < -0.4 is 4.90 Å². The maximum absolute atomic E-state index is 13.7. The lowest BCUT2D eigenvalue weighted by molar-refractivity contribution is 0.292. The standard InChI is InChI=1S/C27H40N7OP/c1-26(2,3)21-14-29-24(30-15-21)23-20(8-9-28-23)18-36(7,35)19-33-10-12-34(13-11-33)25-31-16-22(17-32-25)27(4,5)6/h8-9,14-17,28H,10-13,18-19H2,1-7H3. The van der Waals surface area contributed by atoms with E-state index in [4.69, 9.17) is 0 Å². The molecule has 36 heavy (non-hydrogen) atoms. The van der Waals surface area contributed by atoms with E-state index >= 15 is 0 Å². The summed E-state index contributed by atoms with van der Waals surface area (Å²) in [5.41, 5.74) is 4.14. The summed E-state index contributed by atoms with van der Waals surface area (Å²) in [6, 6.07) is 2.00. The summed E-state index contributed by atoms with van der Waals surface area (Å²) < 4.78 is 13.7. The van der Waals surface area contributed by atoms with Gasteiger partial charge in [0.25, 0.3) is 0 Å². The fourth-order valence-corrected chi connectivity index (χ4v) is 6.59. The van der Waals surface area contributed by atoms with Crippen molar-refractivity contribution in [2.75, 3.05) is 44.0 Å². The Kier molecular flexibility index (Phi) is 7.40. The quantitative estimate of drug-likeness (QED) is 0.461. The van der Waals surface area contributed by atoms with Gasteiger partial charge in [-0.05, 0) is 40.3 Å². The van der Waals surface area contributed by atoms with Gasteiger partial charge in [-0.15, -0.1) is 0 Å². The Bertz CT molecular complexity index is 1200. The Morgan fingerprint density at radius 3 is 1.92 bits per heavy atom. The van der Waals surface area contributed by atoms with Crippen LogP contribution in [0.25, 0.3) is 11.5 Å². The van der Waals surface area contributed by atoms with Crippen LogP contribution in [-0.2, 0) is 21.6 Å². The molecule has 1 aliphatic rings. The zero-order valence-electron chi connectivity index (χ0n) is 22.7. The van der Waals surface area contributed by atoms with Crippen LogP contribution in [-0.4, -0.2) is 68.9 Å². The van der Waals surface area contributed by atoms with Crippen LogP contribution in [0.2, 0.25) is 0 Å². The molecule has 1 fully saturated rings. The minimum absolute atomic E-state index is 0.00222. The number of anilines is 1. The van der Waals surface area contributed by atoms with Gasteiger partial charge in [0.1, 0.15) is 7.14 Å². The van der Waals surface area contributed by atoms with Crippen molar-refractivity contribution in [3.8, 4) is 11.5 Å². The van der Waals surface area contributed by atoms with Gasteiger partial charge in [0.05, 0.1) is 12.0 Å². The molecule has 194 valence electrons. The summed E-state index contributed by atoms with van der Waals surface area (Å²) in [5.74, 6) is 1.42. The summed E-state index contributed by atoms with van der Waals surface area (Å²) in [6.45, 7) is 18.2. The third kappa shape index (κ3) is 6.40. The minimum Gasteiger partial charge on any atom is -0.358 e. The largest absolute Gasteiger partial charge is 0.358 e. The maximum Gasteiger partial charge on any atom is 0.225 e. The van der Waals surface area contributed by atoms with E-state index in [1.54, 1.807) is 0 Å². The molecule has 0 bridgehead atoms. The van der Waals surface area contributed by atoms with Gasteiger partial charge in [0.15, 0.2) is 5.82 Å². The second-order valence-electron chi connectivity index (χ2n) is 12.1. The summed E-state index contributed by atoms with van der Waals surface area (Å²) in [4.78, 5) is 26.2. The molecule has 9 heteroatoms. The topological polar surface area (TPSA) is 90.9 Å². The Morgan fingerprint density at radius 2 is 1.39 bits per heavy atom. The first kappa shape index (κ1) is 26.5. The van der Waals surface area contributed by atoms with Crippen molar-refractivity contribution < 1.29 is 4.57 Å². The number of nitrogens with one attached hydrogen (secondary N) is 1. The molecule has 0 aliphatic carbocycles. The fourth-order valence-electron chi connectivity index (χ4n) is 4.38. The molecule has 0 amide bonds. The summed E-state index contributed by atoms with van der Waals surface area (Å²) in [5, 5.41) is 0. The third-order valence-corrected chi connectivity index (χ3v) is 8.75. The van der Waals surface area contributed by atoms with Crippen LogP contribution in [0.4, 0.5) is 5.95 Å². The Morgan fingerprint density at radius 1 is 0.861 bits per heavy atom. The molecule has 1 N–H and O–H groups in total. The fraction of sp³-hybridized carbons (Fsp3) is 0.556. The lowest BCUT2D eigenvalue weighted by Gasteiger charge is -2.36. The number of hydrogen-bond donors (Lipinski definition) is 1. The molecule has 4 rings (SSSR count). The highest BCUT2D eigenvalue weighted by Gasteiger charge is 2.27. The molecule has 0 saturated carbocycles. The summed E-state index contributed by atoms with van der Waals surface area (Å²) >= 11 is 0. The lowest BCUT2D eigenvalue weighted by Crippen LogP contribution is -2.47. The number of H-pyrrole nitrogens is 1. The van der Waals surface area contributed by atoms with Crippen molar-refractivity contribution in [3.05, 3.63) is 53.7 Å². The van der Waals surface area contributed by atoms with E-state index in [1.165, 1.54) is 0 Å². The van der Waals surface area contributed by atoms with E-state index in [0.717, 1.165) is 54.5 Å². The molecule has 3 aromatic heterocycles. The molecule has 3 aromatic rings. The molecule has 1 aliphatic heterocycles. The number of hydrogen-bond acceptors (Lipinski definition) is 7. The molecule has 1 saturated heterocycles. The Labute approximate surface area is 215 Å². The van der Waals surface area contributed by atoms with Crippen molar-refractivity contribution in [1.82, 2.24) is 29.8 Å². The second kappa shape index (κ2) is 10.1. The first-order valence-corrected chi connectivity index (χ1v) is 15.2. The zero-order chi connectivity index (χ0) is 26.1. The van der Waals surface area contributed by atoms with Gasteiger partial charge in [0, 0.05) is 63.3 Å². The van der Waals surface area contributed by atoms with Crippen LogP contribution in [0.5, 0.6) is 0 Å². The van der Waals surface area contributed by atoms with E-state index in [1.807, 2.05) is 43.7 Å². The predicted octanol–water partition coefficient (Wildman–Crippen LogP) is 5.13. The average molecular weight is 510 g/mol. The highest BCUT2D eigenvalue weighted by Crippen LogP contribution is 2.47. The zero-order valence-corrected chi connectivity index (χ0v) is 23.6. The van der Waals surface area contributed by atoms with Crippen molar-refractivity contribution in [3.63, 3.8) is 0 Å². The summed E-state index contributed by atoms with van der Waals surface area (Å²) in [6.07, 6.45) is 10.6. The number of aromatic amines is 1. The molecule has 0 radical (unpaired) electrons. The Balaban J connectivity index is 1.35. The van der Waals surface area contributed by atoms with Crippen LogP contribution in [0, 0.1) is 0 Å². The second-order valence-corrected chi connectivity index (χ2v) is 15.3. The molecule has 8 nitrogen and oxygen atoms in total. The molecule has 0 aromatic carbocycles. The highest BCUT2D eigenvalue weighted by molar-refractivity contribution is 7.62. The van der Waals surface area contributed by atoms with Crippen LogP contribution in [0.15, 0.2) is 37.1 Å². The average Bonchev–Trinajstić information content (AvgIpc) is 3.25. The SMILES string of the molecule is CC(C)(C)c1cnc(-c2[nH]ccc2CP(C)(=O)CN2CCN(c3ncc(C(C)(C)C)cn3)CC2)nc1. The van der Waals surface area contributed by atoms with Gasteiger partial charge in [-0.3, -0.25) is 4.90 Å². The van der Waals surface area contributed by atoms with E-state index in [9.17, 15) is 4.57 Å². The molecule has 1 atom stereocenters. The minimum atomic E-state index is -2.45. The molecule has 4 heterocycles. The Hall–Kier alpha value is -2.57. The van der Waals surface area contributed by atoms with Crippen LogP contribution in [0.1, 0.15) is 58.2 Å². The van der Waals surface area contributed by atoms with Crippen molar-refractivity contribution in [2.45, 2.75) is 58.5 Å². The van der Waals surface area contributed by atoms with Crippen molar-refractivity contribution in [2.24, 2.45) is 0 Å². The van der Waals surface area contributed by atoms with E-state index < -0.39 is 7.14 Å². The number of aromatic nitrogens is 5. The van der Waals surface area contributed by atoms with Crippen LogP contribution >= 0.6 is 7.14 Å². The lowest BCUT2D eigenvalue weighted by atomic mass is 9.89. The number of piperazine rings is 1. The normalized spacial score (nSPS) is 17.2. The van der Waals surface area contributed by atoms with Gasteiger partial charge < -0.3 is 14.4 Å². The van der Waals surface area contributed by atoms with Gasteiger partial charge in [-0.2, -0.15) is 0 Å². The third-order valence-electron chi connectivity index (χ3n) is 6.74. The van der Waals surface area contributed by atoms with E-state index in [2.05, 4.69) is 76.3 Å². The molecular formula is C27H40N7OP. The number of rotatable bonds is 6. The van der Waals surface area contributed by atoms with E-state index in [-0.39, 0.29) is 10.8 Å². The van der Waals surface area contributed by atoms with Crippen LogP contribution in [0.3, 0.4) is 0 Å². The van der Waals surface area contributed by atoms with Gasteiger partial charge in [0.2, 0.25) is 5.95 Å². The van der Waals surface area contributed by atoms with E-state index in [0.29, 0.717) is 18.3 Å². The van der Waals surface area contributed by atoms with Gasteiger partial charge in [-0.1, -0.05) is 41.5 Å². The molecule has 0 spiro atoms. The first-order chi connectivity index (χ1) is 16.8. The van der Waals surface area contributed by atoms with Gasteiger partial charge in [-0.25, -0.2) is 19.9 Å². The van der Waals surface area contributed by atoms with Gasteiger partial charge >= 0.3 is 0 Å². The molecule has 1 unspecified atom stereocenters. The molecular weight excluding hydrogens is 469 g/mol. The first-order valence-electron chi connectivity index (χ1n) is 12.7. The smallest absolute Gasteiger partial charge is 0.225 e. The summed E-state index contributed by atoms with van der Waals surface area (Å²) in [7, 11) is -2.45. The van der Waals surface area contributed by atoms with Crippen molar-refractivity contribution >= 4 is 13.1 Å². The predicted molar refractivity (Wildman–Crippen MR) is 147 cm³/mol. The highest BCUT2D eigenvalue weighted by atomic mass is 31.2. The monoisotopic (exact) mass is 509 g/mol. The van der Waals surface area contributed by atoms with Crippen molar-refractivity contribution in [1.29, 1.82) is 0 Å². The number of nitrogens with zero attached hydrogens (tertiary/aromatic N) is 6.